The average Bonchev–Trinajstić information content (AvgIpc) is 1.98. The van der Waals surface area contributed by atoms with E-state index in [4.69, 9.17) is 0 Å². The van der Waals surface area contributed by atoms with Crippen molar-refractivity contribution in [2.24, 2.45) is 7.05 Å². The van der Waals surface area contributed by atoms with Crippen LogP contribution in [-0.4, -0.2) is 4.57 Å². The van der Waals surface area contributed by atoms with Crippen LogP contribution in [0.4, 0.5) is 0 Å². The highest BCUT2D eigenvalue weighted by Crippen LogP contribution is 1.84. The first-order valence-corrected chi connectivity index (χ1v) is 2.56. The average molecular weight is 110 g/mol. The number of aromatic nitrogens is 2. The van der Waals surface area contributed by atoms with E-state index < -0.39 is 0 Å². The Morgan fingerprint density at radius 1 is 1.75 bits per heavy atom. The SMILES string of the molecule is [CH2][n+]1ccn(C)c1C. The fourth-order valence-corrected chi connectivity index (χ4v) is 0.599. The minimum absolute atomic E-state index is 1.16. The van der Waals surface area contributed by atoms with Crippen LogP contribution in [0.1, 0.15) is 5.82 Å². The molecule has 0 aliphatic heterocycles. The third kappa shape index (κ3) is 0.619. The molecule has 2 heteroatoms. The van der Waals surface area contributed by atoms with Crippen molar-refractivity contribution in [1.82, 2.24) is 4.57 Å². The predicted octanol–water partition coefficient (Wildman–Crippen LogP) is 0.261. The fourth-order valence-electron chi connectivity index (χ4n) is 0.599. The second-order valence-corrected chi connectivity index (χ2v) is 1.93. The molecule has 1 aromatic rings. The molecule has 1 radical (unpaired) electrons. The first kappa shape index (κ1) is 5.35. The van der Waals surface area contributed by atoms with Crippen LogP contribution in [0.5, 0.6) is 0 Å². The number of imidazole rings is 1. The van der Waals surface area contributed by atoms with Gasteiger partial charge in [-0.2, -0.15) is 0 Å². The van der Waals surface area contributed by atoms with Crippen LogP contribution in [0.2, 0.25) is 0 Å². The summed E-state index contributed by atoms with van der Waals surface area (Å²) in [5.74, 6) is 1.16. The van der Waals surface area contributed by atoms with E-state index in [1.807, 2.05) is 35.5 Å². The molecule has 0 bridgehead atoms. The van der Waals surface area contributed by atoms with Crippen LogP contribution in [0.25, 0.3) is 0 Å². The van der Waals surface area contributed by atoms with E-state index in [1.165, 1.54) is 0 Å². The van der Waals surface area contributed by atoms with Crippen LogP contribution in [0.15, 0.2) is 12.4 Å². The van der Waals surface area contributed by atoms with Gasteiger partial charge in [0.2, 0.25) is 0 Å². The second kappa shape index (κ2) is 1.62. The Labute approximate surface area is 49.4 Å². The van der Waals surface area contributed by atoms with Crippen molar-refractivity contribution < 1.29 is 4.57 Å². The molecule has 0 spiro atoms. The van der Waals surface area contributed by atoms with Crippen LogP contribution >= 0.6 is 0 Å². The highest BCUT2D eigenvalue weighted by Gasteiger charge is 2.01. The summed E-state index contributed by atoms with van der Waals surface area (Å²) < 4.78 is 3.85. The lowest BCUT2D eigenvalue weighted by atomic mass is 10.7. The van der Waals surface area contributed by atoms with E-state index in [0.717, 1.165) is 5.82 Å². The summed E-state index contributed by atoms with van der Waals surface area (Å²) >= 11 is 0. The van der Waals surface area contributed by atoms with Gasteiger partial charge in [0.25, 0.3) is 5.82 Å². The Kier molecular flexibility index (Phi) is 1.08. The molecular formula is C6H10N2+. The van der Waals surface area contributed by atoms with Gasteiger partial charge in [-0.3, -0.25) is 0 Å². The van der Waals surface area contributed by atoms with Crippen LogP contribution < -0.4 is 4.57 Å². The largest absolute Gasteiger partial charge is 0.253 e. The maximum atomic E-state index is 3.74. The van der Waals surface area contributed by atoms with Crippen molar-refractivity contribution >= 4 is 0 Å². The molecule has 0 N–H and O–H groups in total. The van der Waals surface area contributed by atoms with Gasteiger partial charge in [0, 0.05) is 6.92 Å². The quantitative estimate of drug-likeness (QED) is 0.424. The van der Waals surface area contributed by atoms with Crippen LogP contribution in [0.3, 0.4) is 0 Å². The maximum Gasteiger partial charge on any atom is 0.253 e. The van der Waals surface area contributed by atoms with E-state index in [2.05, 4.69) is 7.05 Å². The molecule has 43 valence electrons. The summed E-state index contributed by atoms with van der Waals surface area (Å²) in [7, 11) is 5.73. The van der Waals surface area contributed by atoms with E-state index in [9.17, 15) is 0 Å². The standard InChI is InChI=1S/C6H10N2/c1-6-7(2)4-5-8(6)3/h4-5H,2H2,1,3H3/q+1. The van der Waals surface area contributed by atoms with Crippen molar-refractivity contribution in [1.29, 1.82) is 0 Å². The summed E-state index contributed by atoms with van der Waals surface area (Å²) in [6.07, 6.45) is 3.90. The molecule has 1 rings (SSSR count). The highest BCUT2D eigenvalue weighted by atomic mass is 15.1. The molecule has 2 nitrogen and oxygen atoms in total. The Balaban J connectivity index is 3.19. The molecule has 0 saturated heterocycles. The minimum Gasteiger partial charge on any atom is -0.237 e. The maximum absolute atomic E-state index is 3.74. The Hall–Kier alpha value is -0.790. The number of aryl methyl sites for hydroxylation is 1. The lowest BCUT2D eigenvalue weighted by Crippen LogP contribution is -2.26. The molecule has 1 heterocycles. The number of rotatable bonds is 0. The van der Waals surface area contributed by atoms with Gasteiger partial charge in [-0.25, -0.2) is 9.13 Å². The zero-order chi connectivity index (χ0) is 6.15. The van der Waals surface area contributed by atoms with Gasteiger partial charge < -0.3 is 0 Å². The van der Waals surface area contributed by atoms with E-state index in [0.29, 0.717) is 0 Å². The molecule has 0 fully saturated rings. The van der Waals surface area contributed by atoms with Gasteiger partial charge in [0.1, 0.15) is 19.4 Å². The molecule has 0 saturated carbocycles. The molecule has 0 unspecified atom stereocenters. The topological polar surface area (TPSA) is 8.81 Å². The van der Waals surface area contributed by atoms with Crippen molar-refractivity contribution in [3.63, 3.8) is 0 Å². The van der Waals surface area contributed by atoms with Crippen molar-refractivity contribution in [2.75, 3.05) is 0 Å². The number of nitrogens with zero attached hydrogens (tertiary/aromatic N) is 2. The third-order valence-corrected chi connectivity index (χ3v) is 1.40. The van der Waals surface area contributed by atoms with Crippen molar-refractivity contribution in [3.05, 3.63) is 25.3 Å². The zero-order valence-corrected chi connectivity index (χ0v) is 5.26. The summed E-state index contributed by atoms with van der Waals surface area (Å²) in [5.41, 5.74) is 0. The lowest BCUT2D eigenvalue weighted by molar-refractivity contribution is -0.618. The van der Waals surface area contributed by atoms with Gasteiger partial charge >= 0.3 is 0 Å². The van der Waals surface area contributed by atoms with Gasteiger partial charge in [-0.05, 0) is 0 Å². The molecule has 1 aromatic heterocycles. The number of hydrogen-bond acceptors (Lipinski definition) is 0. The van der Waals surface area contributed by atoms with E-state index >= 15 is 0 Å². The molecule has 0 atom stereocenters. The smallest absolute Gasteiger partial charge is 0.237 e. The monoisotopic (exact) mass is 110 g/mol. The van der Waals surface area contributed by atoms with Crippen LogP contribution in [0, 0.1) is 14.0 Å². The van der Waals surface area contributed by atoms with Gasteiger partial charge in [0.05, 0.1) is 7.05 Å². The number of hydrogen-bond donors (Lipinski definition) is 0. The minimum atomic E-state index is 1.16. The van der Waals surface area contributed by atoms with Gasteiger partial charge in [0.15, 0.2) is 0 Å². The summed E-state index contributed by atoms with van der Waals surface area (Å²) in [5, 5.41) is 0. The first-order chi connectivity index (χ1) is 3.72. The Morgan fingerprint density at radius 2 is 2.38 bits per heavy atom. The molecular weight excluding hydrogens is 100 g/mol. The molecule has 0 amide bonds. The normalized spacial score (nSPS) is 9.88. The second-order valence-electron chi connectivity index (χ2n) is 1.93. The summed E-state index contributed by atoms with van der Waals surface area (Å²) in [4.78, 5) is 0. The van der Waals surface area contributed by atoms with Crippen LogP contribution in [-0.2, 0) is 7.05 Å². The highest BCUT2D eigenvalue weighted by molar-refractivity contribution is 4.76. The van der Waals surface area contributed by atoms with Gasteiger partial charge in [-0.15, -0.1) is 0 Å². The summed E-state index contributed by atoms with van der Waals surface area (Å²) in [6.45, 7) is 2.02. The van der Waals surface area contributed by atoms with Gasteiger partial charge in [-0.1, -0.05) is 0 Å². The van der Waals surface area contributed by atoms with Crippen molar-refractivity contribution in [3.8, 4) is 0 Å². The molecule has 8 heavy (non-hydrogen) atoms. The van der Waals surface area contributed by atoms with E-state index in [-0.39, 0.29) is 0 Å². The van der Waals surface area contributed by atoms with E-state index in [1.54, 1.807) is 0 Å². The Morgan fingerprint density at radius 3 is 2.50 bits per heavy atom. The fraction of sp³-hybridized carbons (Fsp3) is 0.333. The molecule has 0 aliphatic rings. The molecule has 0 aliphatic carbocycles. The Bertz CT molecular complexity index is 169. The third-order valence-electron chi connectivity index (χ3n) is 1.40. The zero-order valence-electron chi connectivity index (χ0n) is 5.26. The lowest BCUT2D eigenvalue weighted by Gasteiger charge is -1.84. The molecule has 0 aromatic carbocycles. The predicted molar refractivity (Wildman–Crippen MR) is 31.1 cm³/mol. The van der Waals surface area contributed by atoms with Crippen molar-refractivity contribution in [2.45, 2.75) is 6.92 Å². The summed E-state index contributed by atoms with van der Waals surface area (Å²) in [6, 6.07) is 0. The first-order valence-electron chi connectivity index (χ1n) is 2.56.